The van der Waals surface area contributed by atoms with Gasteiger partial charge in [-0.1, -0.05) is 13.8 Å². The SMILES string of the molecule is CCNC(C)CC(=O)N1C(C)CCC1CC. The maximum absolute atomic E-state index is 12.2. The highest BCUT2D eigenvalue weighted by Crippen LogP contribution is 2.26. The molecule has 1 N–H and O–H groups in total. The Bertz CT molecular complexity index is 230. The van der Waals surface area contributed by atoms with Crippen LogP contribution in [-0.2, 0) is 4.79 Å². The van der Waals surface area contributed by atoms with Gasteiger partial charge in [-0.3, -0.25) is 4.79 Å². The second kappa shape index (κ2) is 6.24. The third-order valence-corrected chi connectivity index (χ3v) is 3.58. The third-order valence-electron chi connectivity index (χ3n) is 3.58. The molecule has 0 aromatic heterocycles. The van der Waals surface area contributed by atoms with E-state index in [9.17, 15) is 4.79 Å². The monoisotopic (exact) mass is 226 g/mol. The third kappa shape index (κ3) is 3.21. The first-order valence-corrected chi connectivity index (χ1v) is 6.64. The van der Waals surface area contributed by atoms with Gasteiger partial charge in [0.05, 0.1) is 0 Å². The Hall–Kier alpha value is -0.570. The van der Waals surface area contributed by atoms with Crippen molar-refractivity contribution >= 4 is 5.91 Å². The molecule has 1 saturated heterocycles. The minimum absolute atomic E-state index is 0.294. The number of hydrogen-bond donors (Lipinski definition) is 1. The molecule has 3 unspecified atom stereocenters. The van der Waals surface area contributed by atoms with Gasteiger partial charge < -0.3 is 10.2 Å². The molecule has 1 aliphatic heterocycles. The van der Waals surface area contributed by atoms with Gasteiger partial charge in [0, 0.05) is 24.5 Å². The fourth-order valence-electron chi connectivity index (χ4n) is 2.71. The molecule has 1 fully saturated rings. The fraction of sp³-hybridized carbons (Fsp3) is 0.923. The van der Waals surface area contributed by atoms with E-state index in [4.69, 9.17) is 0 Å². The molecule has 3 nitrogen and oxygen atoms in total. The molecule has 1 aliphatic rings. The van der Waals surface area contributed by atoms with Gasteiger partial charge >= 0.3 is 0 Å². The molecule has 94 valence electrons. The summed E-state index contributed by atoms with van der Waals surface area (Å²) in [5.41, 5.74) is 0. The van der Waals surface area contributed by atoms with Crippen LogP contribution in [0.15, 0.2) is 0 Å². The smallest absolute Gasteiger partial charge is 0.224 e. The summed E-state index contributed by atoms with van der Waals surface area (Å²) in [6.07, 6.45) is 4.07. The molecule has 1 rings (SSSR count). The van der Waals surface area contributed by atoms with Crippen LogP contribution in [0.25, 0.3) is 0 Å². The zero-order valence-corrected chi connectivity index (χ0v) is 11.1. The maximum atomic E-state index is 12.2. The molecule has 0 spiro atoms. The van der Waals surface area contributed by atoms with E-state index in [2.05, 4.69) is 37.9 Å². The first-order valence-electron chi connectivity index (χ1n) is 6.64. The van der Waals surface area contributed by atoms with Crippen molar-refractivity contribution in [2.75, 3.05) is 6.54 Å². The Kier molecular flexibility index (Phi) is 5.26. The van der Waals surface area contributed by atoms with Crippen LogP contribution in [0.5, 0.6) is 0 Å². The maximum Gasteiger partial charge on any atom is 0.224 e. The summed E-state index contributed by atoms with van der Waals surface area (Å²) < 4.78 is 0. The van der Waals surface area contributed by atoms with Crippen molar-refractivity contribution in [3.8, 4) is 0 Å². The minimum Gasteiger partial charge on any atom is -0.337 e. The molecule has 1 heterocycles. The summed E-state index contributed by atoms with van der Waals surface area (Å²) in [5, 5.41) is 3.30. The van der Waals surface area contributed by atoms with E-state index in [1.165, 1.54) is 12.8 Å². The van der Waals surface area contributed by atoms with Crippen molar-refractivity contribution < 1.29 is 4.79 Å². The number of amides is 1. The highest BCUT2D eigenvalue weighted by Gasteiger charge is 2.33. The van der Waals surface area contributed by atoms with Crippen LogP contribution in [0, 0.1) is 0 Å². The molecule has 3 atom stereocenters. The van der Waals surface area contributed by atoms with Gasteiger partial charge in [0.25, 0.3) is 0 Å². The zero-order chi connectivity index (χ0) is 12.1. The molecule has 0 aliphatic carbocycles. The zero-order valence-electron chi connectivity index (χ0n) is 11.1. The predicted octanol–water partition coefficient (Wildman–Crippen LogP) is 2.16. The number of rotatable bonds is 5. The lowest BCUT2D eigenvalue weighted by molar-refractivity contribution is -0.134. The first-order chi connectivity index (χ1) is 7.60. The van der Waals surface area contributed by atoms with Crippen LogP contribution in [-0.4, -0.2) is 35.5 Å². The molecule has 3 heteroatoms. The summed E-state index contributed by atoms with van der Waals surface area (Å²) in [6.45, 7) is 9.45. The first kappa shape index (κ1) is 13.5. The standard InChI is InChI=1S/C13H26N2O/c1-5-12-8-7-11(4)15(12)13(16)9-10(3)14-6-2/h10-12,14H,5-9H2,1-4H3. The number of hydrogen-bond acceptors (Lipinski definition) is 2. The fourth-order valence-corrected chi connectivity index (χ4v) is 2.71. The van der Waals surface area contributed by atoms with Crippen LogP contribution >= 0.6 is 0 Å². The molecule has 0 saturated carbocycles. The Morgan fingerprint density at radius 1 is 1.44 bits per heavy atom. The van der Waals surface area contributed by atoms with Gasteiger partial charge in [0.15, 0.2) is 0 Å². The van der Waals surface area contributed by atoms with Crippen LogP contribution in [0.3, 0.4) is 0 Å². The van der Waals surface area contributed by atoms with Crippen LogP contribution in [0.2, 0.25) is 0 Å². The van der Waals surface area contributed by atoms with E-state index in [1.54, 1.807) is 0 Å². The number of nitrogens with one attached hydrogen (secondary N) is 1. The second-order valence-electron chi connectivity index (χ2n) is 4.95. The van der Waals surface area contributed by atoms with E-state index in [1.807, 2.05) is 0 Å². The predicted molar refractivity (Wildman–Crippen MR) is 67.4 cm³/mol. The van der Waals surface area contributed by atoms with Gasteiger partial charge in [0.1, 0.15) is 0 Å². The van der Waals surface area contributed by atoms with Crippen molar-refractivity contribution in [1.82, 2.24) is 10.2 Å². The van der Waals surface area contributed by atoms with E-state index in [0.29, 0.717) is 30.5 Å². The lowest BCUT2D eigenvalue weighted by Crippen LogP contribution is -2.42. The summed E-state index contributed by atoms with van der Waals surface area (Å²) in [6, 6.07) is 1.21. The van der Waals surface area contributed by atoms with Crippen LogP contribution < -0.4 is 5.32 Å². The molecule has 16 heavy (non-hydrogen) atoms. The highest BCUT2D eigenvalue weighted by molar-refractivity contribution is 5.77. The number of likely N-dealkylation sites (tertiary alicyclic amines) is 1. The quantitative estimate of drug-likeness (QED) is 0.779. The highest BCUT2D eigenvalue weighted by atomic mass is 16.2. The van der Waals surface area contributed by atoms with Crippen molar-refractivity contribution in [3.63, 3.8) is 0 Å². The van der Waals surface area contributed by atoms with Crippen molar-refractivity contribution in [3.05, 3.63) is 0 Å². The van der Waals surface area contributed by atoms with Gasteiger partial charge in [-0.15, -0.1) is 0 Å². The summed E-state index contributed by atoms with van der Waals surface area (Å²) in [7, 11) is 0. The summed E-state index contributed by atoms with van der Waals surface area (Å²) in [5.74, 6) is 0.324. The van der Waals surface area contributed by atoms with Gasteiger partial charge in [-0.2, -0.15) is 0 Å². The minimum atomic E-state index is 0.294. The van der Waals surface area contributed by atoms with E-state index >= 15 is 0 Å². The van der Waals surface area contributed by atoms with Gasteiger partial charge in [-0.05, 0) is 39.7 Å². The molecule has 0 aromatic carbocycles. The Morgan fingerprint density at radius 2 is 2.12 bits per heavy atom. The lowest BCUT2D eigenvalue weighted by atomic mass is 10.1. The average molecular weight is 226 g/mol. The molecule has 0 radical (unpaired) electrons. The molecule has 1 amide bonds. The lowest BCUT2D eigenvalue weighted by Gasteiger charge is -2.29. The second-order valence-corrected chi connectivity index (χ2v) is 4.95. The van der Waals surface area contributed by atoms with Crippen molar-refractivity contribution in [1.29, 1.82) is 0 Å². The largest absolute Gasteiger partial charge is 0.337 e. The topological polar surface area (TPSA) is 32.3 Å². The van der Waals surface area contributed by atoms with Crippen LogP contribution in [0.1, 0.15) is 53.4 Å². The van der Waals surface area contributed by atoms with E-state index in [0.717, 1.165) is 13.0 Å². The molecular formula is C13H26N2O. The van der Waals surface area contributed by atoms with E-state index in [-0.39, 0.29) is 0 Å². The number of nitrogens with zero attached hydrogens (tertiary/aromatic N) is 1. The molecule has 0 aromatic rings. The average Bonchev–Trinajstić information content (AvgIpc) is 2.59. The number of carbonyl (C=O) groups is 1. The van der Waals surface area contributed by atoms with Gasteiger partial charge in [-0.25, -0.2) is 0 Å². The normalized spacial score (nSPS) is 27.1. The van der Waals surface area contributed by atoms with E-state index < -0.39 is 0 Å². The Labute approximate surface area is 99.6 Å². The summed E-state index contributed by atoms with van der Waals surface area (Å²) >= 11 is 0. The molecular weight excluding hydrogens is 200 g/mol. The van der Waals surface area contributed by atoms with Crippen molar-refractivity contribution in [2.24, 2.45) is 0 Å². The Morgan fingerprint density at radius 3 is 2.69 bits per heavy atom. The van der Waals surface area contributed by atoms with Crippen molar-refractivity contribution in [2.45, 2.75) is 71.5 Å². The molecule has 0 bridgehead atoms. The number of carbonyl (C=O) groups excluding carboxylic acids is 1. The Balaban J connectivity index is 2.51. The van der Waals surface area contributed by atoms with Crippen LogP contribution in [0.4, 0.5) is 0 Å². The van der Waals surface area contributed by atoms with Gasteiger partial charge in [0.2, 0.25) is 5.91 Å². The summed E-state index contributed by atoms with van der Waals surface area (Å²) in [4.78, 5) is 14.3.